The van der Waals surface area contributed by atoms with Gasteiger partial charge in [-0.1, -0.05) is 6.07 Å². The lowest BCUT2D eigenvalue weighted by Crippen LogP contribution is -2.15. The predicted molar refractivity (Wildman–Crippen MR) is 89.5 cm³/mol. The molecule has 0 saturated heterocycles. The molecule has 2 heterocycles. The van der Waals surface area contributed by atoms with Crippen molar-refractivity contribution in [3.8, 4) is 5.69 Å². The highest BCUT2D eigenvalue weighted by Crippen LogP contribution is 2.18. The highest BCUT2D eigenvalue weighted by molar-refractivity contribution is 7.09. The third-order valence-corrected chi connectivity index (χ3v) is 4.28. The van der Waals surface area contributed by atoms with Gasteiger partial charge < -0.3 is 5.32 Å². The molecule has 0 saturated carbocycles. The number of rotatable bonds is 5. The number of carbonyl (C=O) groups excluding carboxylic acids is 1. The second-order valence-electron chi connectivity index (χ2n) is 5.19. The summed E-state index contributed by atoms with van der Waals surface area (Å²) in [6.45, 7) is 1.85. The van der Waals surface area contributed by atoms with Crippen LogP contribution in [0.5, 0.6) is 0 Å². The summed E-state index contributed by atoms with van der Waals surface area (Å²) in [5.74, 6) is 0.214. The summed E-state index contributed by atoms with van der Waals surface area (Å²) in [7, 11) is 0. The lowest BCUT2D eigenvalue weighted by Gasteiger charge is -2.08. The molecule has 0 atom stereocenters. The van der Waals surface area contributed by atoms with Gasteiger partial charge >= 0.3 is 0 Å². The second kappa shape index (κ2) is 6.75. The van der Waals surface area contributed by atoms with Crippen LogP contribution in [0.2, 0.25) is 0 Å². The largest absolute Gasteiger partial charge is 0.311 e. The van der Waals surface area contributed by atoms with Gasteiger partial charge in [0.2, 0.25) is 5.91 Å². The van der Waals surface area contributed by atoms with E-state index in [4.69, 9.17) is 0 Å². The molecule has 23 heavy (non-hydrogen) atoms. The first-order valence-electron chi connectivity index (χ1n) is 7.26. The number of aromatic nitrogens is 2. The van der Waals surface area contributed by atoms with Gasteiger partial charge in [-0.3, -0.25) is 4.79 Å². The Morgan fingerprint density at radius 2 is 2.09 bits per heavy atom. The monoisotopic (exact) mass is 329 g/mol. The van der Waals surface area contributed by atoms with E-state index in [1.165, 1.54) is 17.0 Å². The Labute approximate surface area is 137 Å². The molecular formula is C17H16FN3OS. The van der Waals surface area contributed by atoms with Crippen molar-refractivity contribution in [1.82, 2.24) is 9.78 Å². The van der Waals surface area contributed by atoms with Gasteiger partial charge in [-0.2, -0.15) is 5.10 Å². The number of nitrogens with zero attached hydrogens (tertiary/aromatic N) is 2. The van der Waals surface area contributed by atoms with Crippen LogP contribution < -0.4 is 5.32 Å². The molecular weight excluding hydrogens is 313 g/mol. The van der Waals surface area contributed by atoms with Gasteiger partial charge in [0.25, 0.3) is 0 Å². The normalized spacial score (nSPS) is 10.7. The molecule has 0 radical (unpaired) electrons. The topological polar surface area (TPSA) is 46.9 Å². The first-order chi connectivity index (χ1) is 11.1. The van der Waals surface area contributed by atoms with Crippen LogP contribution in [0, 0.1) is 12.7 Å². The molecule has 0 spiro atoms. The van der Waals surface area contributed by atoms with Crippen LogP contribution in [0.3, 0.4) is 0 Å². The first kappa shape index (κ1) is 15.4. The summed E-state index contributed by atoms with van der Waals surface area (Å²) in [5, 5.41) is 9.23. The molecule has 0 aliphatic carbocycles. The number of hydrogen-bond donors (Lipinski definition) is 1. The van der Waals surface area contributed by atoms with Gasteiger partial charge in [-0.25, -0.2) is 9.07 Å². The molecule has 0 aliphatic rings. The molecule has 1 amide bonds. The van der Waals surface area contributed by atoms with E-state index < -0.39 is 0 Å². The van der Waals surface area contributed by atoms with E-state index in [1.807, 2.05) is 24.4 Å². The predicted octanol–water partition coefficient (Wildman–Crippen LogP) is 3.95. The zero-order valence-electron chi connectivity index (χ0n) is 12.6. The number of amides is 1. The van der Waals surface area contributed by atoms with Crippen molar-refractivity contribution >= 4 is 23.1 Å². The lowest BCUT2D eigenvalue weighted by atomic mass is 10.2. The maximum Gasteiger partial charge on any atom is 0.225 e. The van der Waals surface area contributed by atoms with E-state index >= 15 is 0 Å². The Hall–Kier alpha value is -2.47. The van der Waals surface area contributed by atoms with Crippen molar-refractivity contribution < 1.29 is 9.18 Å². The second-order valence-corrected chi connectivity index (χ2v) is 6.22. The number of aryl methyl sites for hydroxylation is 2. The quantitative estimate of drug-likeness (QED) is 0.770. The Morgan fingerprint density at radius 3 is 2.78 bits per heavy atom. The smallest absolute Gasteiger partial charge is 0.225 e. The minimum atomic E-state index is -0.306. The number of thiophene rings is 1. The van der Waals surface area contributed by atoms with Crippen molar-refractivity contribution in [2.75, 3.05) is 5.32 Å². The number of benzene rings is 1. The summed E-state index contributed by atoms with van der Waals surface area (Å²) in [4.78, 5) is 13.3. The van der Waals surface area contributed by atoms with E-state index in [2.05, 4.69) is 10.4 Å². The average molecular weight is 329 g/mol. The van der Waals surface area contributed by atoms with E-state index in [-0.39, 0.29) is 11.7 Å². The highest BCUT2D eigenvalue weighted by Gasteiger charge is 2.11. The van der Waals surface area contributed by atoms with Crippen LogP contribution >= 0.6 is 11.3 Å². The molecule has 1 aromatic carbocycles. The zero-order valence-corrected chi connectivity index (χ0v) is 13.4. The van der Waals surface area contributed by atoms with Crippen molar-refractivity contribution in [3.63, 3.8) is 0 Å². The first-order valence-corrected chi connectivity index (χ1v) is 8.14. The Kier molecular flexibility index (Phi) is 4.52. The summed E-state index contributed by atoms with van der Waals surface area (Å²) < 4.78 is 14.7. The fourth-order valence-electron chi connectivity index (χ4n) is 2.26. The zero-order chi connectivity index (χ0) is 16.2. The van der Waals surface area contributed by atoms with Gasteiger partial charge in [0.1, 0.15) is 11.6 Å². The molecule has 0 aliphatic heterocycles. The molecule has 6 heteroatoms. The molecule has 3 aromatic rings. The molecule has 4 nitrogen and oxygen atoms in total. The highest BCUT2D eigenvalue weighted by atomic mass is 32.1. The lowest BCUT2D eigenvalue weighted by molar-refractivity contribution is -0.116. The van der Waals surface area contributed by atoms with Gasteiger partial charge in [0, 0.05) is 17.4 Å². The van der Waals surface area contributed by atoms with Crippen LogP contribution in [-0.2, 0) is 11.2 Å². The summed E-state index contributed by atoms with van der Waals surface area (Å²) >= 11 is 1.64. The van der Waals surface area contributed by atoms with Crippen LogP contribution in [0.25, 0.3) is 5.69 Å². The fraction of sp³-hybridized carbons (Fsp3) is 0.176. The average Bonchev–Trinajstić information content (AvgIpc) is 3.16. The molecule has 0 bridgehead atoms. The molecule has 3 rings (SSSR count). The number of nitrogens with one attached hydrogen (secondary N) is 1. The van der Waals surface area contributed by atoms with Crippen LogP contribution in [0.4, 0.5) is 10.2 Å². The third kappa shape index (κ3) is 3.84. The van der Waals surface area contributed by atoms with Gasteiger partial charge in [0.05, 0.1) is 11.4 Å². The van der Waals surface area contributed by atoms with Crippen LogP contribution in [-0.4, -0.2) is 15.7 Å². The van der Waals surface area contributed by atoms with E-state index in [9.17, 15) is 9.18 Å². The minimum absolute atomic E-state index is 0.0679. The molecule has 0 fully saturated rings. The van der Waals surface area contributed by atoms with Crippen molar-refractivity contribution in [2.24, 2.45) is 0 Å². The number of anilines is 1. The minimum Gasteiger partial charge on any atom is -0.311 e. The Bertz CT molecular complexity index is 794. The maximum absolute atomic E-state index is 13.1. The summed E-state index contributed by atoms with van der Waals surface area (Å²) in [6.07, 6.45) is 1.13. The third-order valence-electron chi connectivity index (χ3n) is 3.35. The van der Waals surface area contributed by atoms with Gasteiger partial charge in [0.15, 0.2) is 0 Å². The van der Waals surface area contributed by atoms with Gasteiger partial charge in [-0.05, 0) is 49.1 Å². The summed E-state index contributed by atoms with van der Waals surface area (Å²) in [5.41, 5.74) is 1.48. The molecule has 2 aromatic heterocycles. The van der Waals surface area contributed by atoms with Crippen LogP contribution in [0.15, 0.2) is 47.8 Å². The summed E-state index contributed by atoms with van der Waals surface area (Å²) in [6, 6.07) is 11.8. The van der Waals surface area contributed by atoms with Crippen LogP contribution in [0.1, 0.15) is 17.0 Å². The standard InChI is InChI=1S/C17H16FN3OS/c1-12-11-16(19-17(22)9-8-15-3-2-10-23-15)21(20-12)14-6-4-13(18)5-7-14/h2-7,10-11H,8-9H2,1H3,(H,19,22). The van der Waals surface area contributed by atoms with Crippen molar-refractivity contribution in [3.05, 3.63) is 64.2 Å². The maximum atomic E-state index is 13.1. The fourth-order valence-corrected chi connectivity index (χ4v) is 2.97. The number of halogens is 1. The number of carbonyl (C=O) groups is 1. The SMILES string of the molecule is Cc1cc(NC(=O)CCc2cccs2)n(-c2ccc(F)cc2)n1. The number of hydrogen-bond acceptors (Lipinski definition) is 3. The van der Waals surface area contributed by atoms with E-state index in [1.54, 1.807) is 34.2 Å². The molecule has 0 unspecified atom stereocenters. The van der Waals surface area contributed by atoms with E-state index in [0.29, 0.717) is 24.3 Å². The van der Waals surface area contributed by atoms with Crippen molar-refractivity contribution in [1.29, 1.82) is 0 Å². The Balaban J connectivity index is 1.72. The Morgan fingerprint density at radius 1 is 1.30 bits per heavy atom. The van der Waals surface area contributed by atoms with E-state index in [0.717, 1.165) is 5.69 Å². The molecule has 1 N–H and O–H groups in total. The molecule has 118 valence electrons. The van der Waals surface area contributed by atoms with Gasteiger partial charge in [-0.15, -0.1) is 11.3 Å². The van der Waals surface area contributed by atoms with Crippen molar-refractivity contribution in [2.45, 2.75) is 19.8 Å².